The summed E-state index contributed by atoms with van der Waals surface area (Å²) in [4.78, 5) is 12.9. The van der Waals surface area contributed by atoms with Crippen LogP contribution < -0.4 is 33.2 Å². The SMILES string of the molecule is CN[C@@H]1[C@@H](O)[C@@H](O[C@H]2[C@H](NC(=O)C3(O)CC3N)C[C@H](N)C(O[C@H]3OC(CNCCO)=CC[C@H]3N)[C@@H]2O)OC[C@]1(C)O. The first-order valence-corrected chi connectivity index (χ1v) is 14.0. The van der Waals surface area contributed by atoms with Gasteiger partial charge < -0.3 is 77.6 Å². The zero-order chi connectivity index (χ0) is 30.1. The lowest BCUT2D eigenvalue weighted by Crippen LogP contribution is -2.69. The zero-order valence-corrected chi connectivity index (χ0v) is 23.4. The largest absolute Gasteiger partial charge is 0.467 e. The molecule has 2 aliphatic carbocycles. The van der Waals surface area contributed by atoms with E-state index in [-0.39, 0.29) is 26.1 Å². The Hall–Kier alpha value is -1.51. The number of nitrogens with one attached hydrogen (secondary N) is 3. The number of aliphatic hydroxyl groups excluding tert-OH is 3. The highest BCUT2D eigenvalue weighted by Gasteiger charge is 2.59. The monoisotopic (exact) mass is 590 g/mol. The molecule has 2 saturated carbocycles. The van der Waals surface area contributed by atoms with Gasteiger partial charge >= 0.3 is 0 Å². The average molecular weight is 591 g/mol. The molecule has 0 aromatic rings. The van der Waals surface area contributed by atoms with Crippen LogP contribution in [0.15, 0.2) is 11.8 Å². The fraction of sp³-hybridized carbons (Fsp3) is 0.880. The van der Waals surface area contributed by atoms with Gasteiger partial charge in [0.15, 0.2) is 11.9 Å². The van der Waals surface area contributed by atoms with Gasteiger partial charge in [0.25, 0.3) is 5.91 Å². The van der Waals surface area contributed by atoms with Crippen molar-refractivity contribution in [3.05, 3.63) is 11.8 Å². The van der Waals surface area contributed by atoms with Gasteiger partial charge in [0.05, 0.1) is 37.9 Å². The second kappa shape index (κ2) is 13.0. The summed E-state index contributed by atoms with van der Waals surface area (Å²) >= 11 is 0. The number of carbonyl (C=O) groups is 1. The Kier molecular flexibility index (Phi) is 10.3. The van der Waals surface area contributed by atoms with Gasteiger partial charge in [0.2, 0.25) is 6.29 Å². The van der Waals surface area contributed by atoms with Crippen LogP contribution in [0.1, 0.15) is 26.2 Å². The standard InChI is InChI=1S/C25H46N6O10/c1-24(36)10-38-22(17(34)20(24)29-2)41-19-14(31-23(35)25(37)8-15(25)28)7-13(27)18(16(19)33)40-21-12(26)4-3-11(39-21)9-30-5-6-32/h3,12-22,29-30,32-34,36-37H,4-10,26-28H2,1-2H3,(H,31,35)/t12-,13+,14-,15?,16+,17-,18?,19+,20-,21-,22-,24+,25?/m1/s1. The van der Waals surface area contributed by atoms with E-state index in [0.29, 0.717) is 25.3 Å². The summed E-state index contributed by atoms with van der Waals surface area (Å²) in [5, 5.41) is 61.1. The third kappa shape index (κ3) is 7.01. The summed E-state index contributed by atoms with van der Waals surface area (Å²) in [6.07, 6.45) is -4.97. The molecule has 0 spiro atoms. The van der Waals surface area contributed by atoms with E-state index in [2.05, 4.69) is 16.0 Å². The molecular formula is C25H46N6O10. The van der Waals surface area contributed by atoms with Gasteiger partial charge in [-0.15, -0.1) is 0 Å². The van der Waals surface area contributed by atoms with Crippen LogP contribution in [0.3, 0.4) is 0 Å². The predicted octanol–water partition coefficient (Wildman–Crippen LogP) is -5.61. The van der Waals surface area contributed by atoms with E-state index < -0.39 is 84.3 Å². The molecule has 13 atom stereocenters. The van der Waals surface area contributed by atoms with Gasteiger partial charge in [-0.1, -0.05) is 0 Å². The van der Waals surface area contributed by atoms with Crippen molar-refractivity contribution >= 4 is 5.91 Å². The molecule has 0 aromatic carbocycles. The lowest BCUT2D eigenvalue weighted by Gasteiger charge is -2.49. The van der Waals surface area contributed by atoms with Crippen LogP contribution in [0.25, 0.3) is 0 Å². The minimum atomic E-state index is -1.74. The molecule has 41 heavy (non-hydrogen) atoms. The van der Waals surface area contributed by atoms with Gasteiger partial charge in [-0.05, 0) is 32.9 Å². The number of nitrogens with two attached hydrogens (primary N) is 3. The van der Waals surface area contributed by atoms with E-state index in [1.54, 1.807) is 7.05 Å². The molecule has 4 aliphatic rings. The summed E-state index contributed by atoms with van der Waals surface area (Å²) < 4.78 is 23.7. The van der Waals surface area contributed by atoms with E-state index in [4.69, 9.17) is 41.3 Å². The van der Waals surface area contributed by atoms with Gasteiger partial charge in [-0.25, -0.2) is 0 Å². The summed E-state index contributed by atoms with van der Waals surface area (Å²) in [6, 6.07) is -3.86. The molecule has 16 nitrogen and oxygen atoms in total. The summed E-state index contributed by atoms with van der Waals surface area (Å²) in [6.45, 7) is 1.99. The fourth-order valence-corrected chi connectivity index (χ4v) is 5.64. The maximum atomic E-state index is 12.9. The number of ether oxygens (including phenoxy) is 4. The van der Waals surface area contributed by atoms with Crippen molar-refractivity contribution in [3.63, 3.8) is 0 Å². The summed E-state index contributed by atoms with van der Waals surface area (Å²) in [5.74, 6) is -0.175. The quantitative estimate of drug-likeness (QED) is 0.100. The number of likely N-dealkylation sites (N-methyl/N-ethyl adjacent to an activating group) is 1. The first-order valence-electron chi connectivity index (χ1n) is 14.0. The Labute approximate surface area is 238 Å². The number of hydrogen-bond donors (Lipinski definition) is 11. The minimum Gasteiger partial charge on any atom is -0.467 e. The van der Waals surface area contributed by atoms with E-state index in [0.717, 1.165) is 0 Å². The molecule has 0 radical (unpaired) electrons. The highest BCUT2D eigenvalue weighted by Crippen LogP contribution is 2.36. The Morgan fingerprint density at radius 2 is 1.80 bits per heavy atom. The second-order valence-electron chi connectivity index (χ2n) is 11.7. The van der Waals surface area contributed by atoms with Crippen molar-refractivity contribution in [2.45, 2.75) is 105 Å². The molecule has 0 aromatic heterocycles. The third-order valence-electron chi connectivity index (χ3n) is 8.26. The maximum absolute atomic E-state index is 12.9. The topological polar surface area (TPSA) is 269 Å². The number of amides is 1. The van der Waals surface area contributed by atoms with Crippen LogP contribution >= 0.6 is 0 Å². The van der Waals surface area contributed by atoms with Crippen LogP contribution in [0.5, 0.6) is 0 Å². The summed E-state index contributed by atoms with van der Waals surface area (Å²) in [7, 11) is 1.57. The number of hydrogen-bond acceptors (Lipinski definition) is 15. The van der Waals surface area contributed by atoms with Gasteiger partial charge in [-0.2, -0.15) is 0 Å². The van der Waals surface area contributed by atoms with Crippen LogP contribution in [0.4, 0.5) is 0 Å². The second-order valence-corrected chi connectivity index (χ2v) is 11.7. The van der Waals surface area contributed by atoms with Gasteiger partial charge in [0, 0.05) is 25.0 Å². The van der Waals surface area contributed by atoms with Crippen LogP contribution in [-0.4, -0.2) is 143 Å². The molecule has 2 aliphatic heterocycles. The normalized spacial score (nSPS) is 46.4. The molecule has 4 rings (SSSR count). The molecule has 3 fully saturated rings. The van der Waals surface area contributed by atoms with Crippen LogP contribution in [0.2, 0.25) is 0 Å². The molecular weight excluding hydrogens is 544 g/mol. The van der Waals surface area contributed by atoms with Gasteiger partial charge in [0.1, 0.15) is 35.8 Å². The highest BCUT2D eigenvalue weighted by atomic mass is 16.7. The van der Waals surface area contributed by atoms with Crippen molar-refractivity contribution in [1.82, 2.24) is 16.0 Å². The van der Waals surface area contributed by atoms with Crippen molar-refractivity contribution in [1.29, 1.82) is 0 Å². The van der Waals surface area contributed by atoms with Crippen LogP contribution in [-0.2, 0) is 23.7 Å². The Bertz CT molecular complexity index is 945. The fourth-order valence-electron chi connectivity index (χ4n) is 5.64. The third-order valence-corrected chi connectivity index (χ3v) is 8.26. The molecule has 0 bridgehead atoms. The van der Waals surface area contributed by atoms with E-state index in [1.165, 1.54) is 6.92 Å². The zero-order valence-electron chi connectivity index (χ0n) is 23.4. The average Bonchev–Trinajstić information content (AvgIpc) is 3.54. The number of rotatable bonds is 11. The summed E-state index contributed by atoms with van der Waals surface area (Å²) in [5.41, 5.74) is 15.3. The smallest absolute Gasteiger partial charge is 0.253 e. The van der Waals surface area contributed by atoms with E-state index in [1.807, 2.05) is 6.08 Å². The van der Waals surface area contributed by atoms with Crippen LogP contribution in [0, 0.1) is 0 Å². The van der Waals surface area contributed by atoms with E-state index in [9.17, 15) is 25.2 Å². The first kappa shape index (κ1) is 32.4. The van der Waals surface area contributed by atoms with Crippen molar-refractivity contribution in [2.75, 3.05) is 33.4 Å². The number of carbonyl (C=O) groups excluding carboxylic acids is 1. The molecule has 16 heteroatoms. The highest BCUT2D eigenvalue weighted by molar-refractivity contribution is 5.89. The maximum Gasteiger partial charge on any atom is 0.253 e. The lowest BCUT2D eigenvalue weighted by molar-refractivity contribution is -0.304. The van der Waals surface area contributed by atoms with E-state index >= 15 is 0 Å². The van der Waals surface area contributed by atoms with Crippen molar-refractivity contribution in [2.24, 2.45) is 17.2 Å². The molecule has 2 heterocycles. The molecule has 3 unspecified atom stereocenters. The molecule has 14 N–H and O–H groups in total. The van der Waals surface area contributed by atoms with Gasteiger partial charge in [-0.3, -0.25) is 4.79 Å². The van der Waals surface area contributed by atoms with Crippen molar-refractivity contribution < 1.29 is 49.3 Å². The number of aliphatic hydroxyl groups is 5. The Morgan fingerprint density at radius 1 is 1.12 bits per heavy atom. The molecule has 1 amide bonds. The predicted molar refractivity (Wildman–Crippen MR) is 143 cm³/mol. The molecule has 236 valence electrons. The van der Waals surface area contributed by atoms with Crippen molar-refractivity contribution in [3.8, 4) is 0 Å². The molecule has 1 saturated heterocycles. The lowest BCUT2D eigenvalue weighted by atomic mass is 9.83. The Morgan fingerprint density at radius 3 is 2.44 bits per heavy atom. The first-order chi connectivity index (χ1) is 19.3. The minimum absolute atomic E-state index is 0.0374. The Balaban J connectivity index is 1.51.